The Morgan fingerprint density at radius 1 is 1.32 bits per heavy atom. The average molecular weight is 334 g/mol. The molecule has 2 heterocycles. The number of methoxy groups -OCH3 is 1. The van der Waals surface area contributed by atoms with Crippen LogP contribution in [0.15, 0.2) is 56.8 Å². The maximum atomic E-state index is 11.7. The zero-order valence-corrected chi connectivity index (χ0v) is 13.3. The first-order chi connectivity index (χ1) is 10.7. The van der Waals surface area contributed by atoms with Crippen LogP contribution in [-0.4, -0.2) is 12.1 Å². The molecule has 0 unspecified atom stereocenters. The highest BCUT2D eigenvalue weighted by Crippen LogP contribution is 2.30. The summed E-state index contributed by atoms with van der Waals surface area (Å²) in [4.78, 5) is 16.0. The second kappa shape index (κ2) is 6.42. The van der Waals surface area contributed by atoms with E-state index in [1.165, 1.54) is 17.8 Å². The molecule has 0 aliphatic carbocycles. The molecule has 22 heavy (non-hydrogen) atoms. The number of nitrogens with zero attached hydrogens (tertiary/aromatic N) is 1. The highest BCUT2D eigenvalue weighted by molar-refractivity contribution is 7.98. The monoisotopic (exact) mass is 333 g/mol. The lowest BCUT2D eigenvalue weighted by Crippen LogP contribution is -2.00. The van der Waals surface area contributed by atoms with Crippen LogP contribution in [0.5, 0.6) is 5.75 Å². The lowest BCUT2D eigenvalue weighted by molar-refractivity contribution is 0.414. The molecular formula is C16H12ClNO3S. The lowest BCUT2D eigenvalue weighted by atomic mass is 10.1. The Morgan fingerprint density at radius 2 is 2.18 bits per heavy atom. The Labute approximate surface area is 136 Å². The van der Waals surface area contributed by atoms with E-state index in [9.17, 15) is 4.79 Å². The van der Waals surface area contributed by atoms with Gasteiger partial charge < -0.3 is 9.15 Å². The molecule has 0 aliphatic rings. The van der Waals surface area contributed by atoms with Gasteiger partial charge in [0.05, 0.1) is 12.1 Å². The molecule has 0 atom stereocenters. The fraction of sp³-hybridized carbons (Fsp3) is 0.125. The number of hydrogen-bond acceptors (Lipinski definition) is 5. The lowest BCUT2D eigenvalue weighted by Gasteiger charge is -2.07. The van der Waals surface area contributed by atoms with E-state index in [1.807, 2.05) is 12.1 Å². The van der Waals surface area contributed by atoms with E-state index < -0.39 is 0 Å². The third-order valence-corrected chi connectivity index (χ3v) is 4.60. The number of thioether (sulfide) groups is 1. The van der Waals surface area contributed by atoms with Crippen molar-refractivity contribution in [2.75, 3.05) is 7.11 Å². The van der Waals surface area contributed by atoms with Crippen LogP contribution in [0.4, 0.5) is 0 Å². The van der Waals surface area contributed by atoms with Crippen molar-refractivity contribution in [2.45, 2.75) is 10.8 Å². The van der Waals surface area contributed by atoms with Crippen molar-refractivity contribution < 1.29 is 9.15 Å². The van der Waals surface area contributed by atoms with Crippen LogP contribution >= 0.6 is 23.4 Å². The van der Waals surface area contributed by atoms with Gasteiger partial charge in [0.15, 0.2) is 0 Å². The summed E-state index contributed by atoms with van der Waals surface area (Å²) in [5.41, 5.74) is 0.999. The van der Waals surface area contributed by atoms with Gasteiger partial charge in [-0.1, -0.05) is 11.6 Å². The second-order valence-electron chi connectivity index (χ2n) is 4.53. The Kier molecular flexibility index (Phi) is 4.36. The highest BCUT2D eigenvalue weighted by atomic mass is 35.5. The molecule has 3 aromatic rings. The van der Waals surface area contributed by atoms with Gasteiger partial charge in [0.2, 0.25) is 0 Å². The van der Waals surface area contributed by atoms with Crippen molar-refractivity contribution in [3.8, 4) is 5.75 Å². The molecule has 1 aromatic carbocycles. The first-order valence-corrected chi connectivity index (χ1v) is 7.88. The SMILES string of the molecule is COc1ccc2c(CSc3ncccc3Cl)cc(=O)oc2c1. The summed E-state index contributed by atoms with van der Waals surface area (Å²) in [5, 5.41) is 2.21. The minimum atomic E-state index is -0.386. The molecule has 4 nitrogen and oxygen atoms in total. The molecule has 0 radical (unpaired) electrons. The predicted octanol–water partition coefficient (Wildman–Crippen LogP) is 4.14. The van der Waals surface area contributed by atoms with Crippen molar-refractivity contribution in [1.82, 2.24) is 4.98 Å². The minimum Gasteiger partial charge on any atom is -0.497 e. The number of benzene rings is 1. The molecule has 112 valence electrons. The van der Waals surface area contributed by atoms with Gasteiger partial charge in [0.1, 0.15) is 16.4 Å². The Bertz CT molecular complexity index is 879. The van der Waals surface area contributed by atoms with Gasteiger partial charge in [0, 0.05) is 29.5 Å². The van der Waals surface area contributed by atoms with Crippen molar-refractivity contribution in [3.05, 3.63) is 63.6 Å². The quantitative estimate of drug-likeness (QED) is 0.530. The van der Waals surface area contributed by atoms with Crippen LogP contribution in [0.1, 0.15) is 5.56 Å². The summed E-state index contributed by atoms with van der Waals surface area (Å²) in [6, 6.07) is 10.5. The Morgan fingerprint density at radius 3 is 2.95 bits per heavy atom. The molecule has 6 heteroatoms. The summed E-state index contributed by atoms with van der Waals surface area (Å²) < 4.78 is 10.4. The molecule has 0 saturated carbocycles. The predicted molar refractivity (Wildman–Crippen MR) is 87.8 cm³/mol. The number of ether oxygens (including phenoxy) is 1. The summed E-state index contributed by atoms with van der Waals surface area (Å²) in [6.45, 7) is 0. The van der Waals surface area contributed by atoms with Crippen LogP contribution in [0, 0.1) is 0 Å². The maximum absolute atomic E-state index is 11.7. The van der Waals surface area contributed by atoms with Gasteiger partial charge in [-0.05, 0) is 29.8 Å². The van der Waals surface area contributed by atoms with Crippen LogP contribution in [0.3, 0.4) is 0 Å². The van der Waals surface area contributed by atoms with Crippen LogP contribution in [-0.2, 0) is 5.75 Å². The van der Waals surface area contributed by atoms with E-state index in [0.29, 0.717) is 22.1 Å². The molecule has 0 N–H and O–H groups in total. The Balaban J connectivity index is 1.96. The number of hydrogen-bond donors (Lipinski definition) is 0. The summed E-state index contributed by atoms with van der Waals surface area (Å²) in [6.07, 6.45) is 1.69. The molecule has 0 bridgehead atoms. The summed E-state index contributed by atoms with van der Waals surface area (Å²) in [5.74, 6) is 1.22. The van der Waals surface area contributed by atoms with Gasteiger partial charge >= 0.3 is 5.63 Å². The van der Waals surface area contributed by atoms with Crippen molar-refractivity contribution in [3.63, 3.8) is 0 Å². The van der Waals surface area contributed by atoms with Gasteiger partial charge in [-0.15, -0.1) is 11.8 Å². The molecular weight excluding hydrogens is 322 g/mol. The molecule has 0 amide bonds. The third-order valence-electron chi connectivity index (χ3n) is 3.13. The van der Waals surface area contributed by atoms with E-state index in [4.69, 9.17) is 20.8 Å². The molecule has 3 rings (SSSR count). The van der Waals surface area contributed by atoms with Crippen LogP contribution < -0.4 is 10.4 Å². The molecule has 0 aliphatic heterocycles. The second-order valence-corrected chi connectivity index (χ2v) is 5.90. The molecule has 0 saturated heterocycles. The number of aromatic nitrogens is 1. The van der Waals surface area contributed by atoms with Crippen molar-refractivity contribution in [1.29, 1.82) is 0 Å². The number of rotatable bonds is 4. The van der Waals surface area contributed by atoms with Gasteiger partial charge in [-0.25, -0.2) is 9.78 Å². The molecule has 0 spiro atoms. The van der Waals surface area contributed by atoms with Crippen LogP contribution in [0.25, 0.3) is 11.0 Å². The van der Waals surface area contributed by atoms with Crippen molar-refractivity contribution in [2.24, 2.45) is 0 Å². The number of fused-ring (bicyclic) bond motifs is 1. The normalized spacial score (nSPS) is 10.8. The minimum absolute atomic E-state index is 0.386. The molecule has 2 aromatic heterocycles. The Hall–Kier alpha value is -1.98. The first-order valence-electron chi connectivity index (χ1n) is 6.51. The van der Waals surface area contributed by atoms with E-state index in [0.717, 1.165) is 16.0 Å². The zero-order valence-electron chi connectivity index (χ0n) is 11.7. The summed E-state index contributed by atoms with van der Waals surface area (Å²) >= 11 is 7.58. The standard InChI is InChI=1S/C16H12ClNO3S/c1-20-11-4-5-12-10(7-15(19)21-14(12)8-11)9-22-16-13(17)3-2-6-18-16/h2-8H,9H2,1H3. The van der Waals surface area contributed by atoms with Crippen molar-refractivity contribution >= 4 is 34.3 Å². The van der Waals surface area contributed by atoms with E-state index in [-0.39, 0.29) is 5.63 Å². The fourth-order valence-corrected chi connectivity index (χ4v) is 3.24. The highest BCUT2D eigenvalue weighted by Gasteiger charge is 2.09. The first kappa shape index (κ1) is 14.9. The van der Waals surface area contributed by atoms with E-state index in [1.54, 1.807) is 31.5 Å². The van der Waals surface area contributed by atoms with Gasteiger partial charge in [0.25, 0.3) is 0 Å². The number of halogens is 1. The van der Waals surface area contributed by atoms with Crippen LogP contribution in [0.2, 0.25) is 5.02 Å². The average Bonchev–Trinajstić information content (AvgIpc) is 2.53. The smallest absolute Gasteiger partial charge is 0.336 e. The fourth-order valence-electron chi connectivity index (χ4n) is 2.08. The van der Waals surface area contributed by atoms with Gasteiger partial charge in [-0.3, -0.25) is 0 Å². The maximum Gasteiger partial charge on any atom is 0.336 e. The topological polar surface area (TPSA) is 52.3 Å². The molecule has 0 fully saturated rings. The largest absolute Gasteiger partial charge is 0.497 e. The number of pyridine rings is 1. The zero-order chi connectivity index (χ0) is 15.5. The van der Waals surface area contributed by atoms with Gasteiger partial charge in [-0.2, -0.15) is 0 Å². The summed E-state index contributed by atoms with van der Waals surface area (Å²) in [7, 11) is 1.57. The third kappa shape index (κ3) is 3.10. The van der Waals surface area contributed by atoms with E-state index in [2.05, 4.69) is 4.98 Å². The van der Waals surface area contributed by atoms with E-state index >= 15 is 0 Å².